The van der Waals surface area contributed by atoms with Crippen molar-refractivity contribution in [2.45, 2.75) is 13.1 Å². The molecule has 0 aromatic heterocycles. The summed E-state index contributed by atoms with van der Waals surface area (Å²) in [6.07, 6.45) is 0. The van der Waals surface area contributed by atoms with Gasteiger partial charge in [0.1, 0.15) is 0 Å². The minimum absolute atomic E-state index is 0.0962. The van der Waals surface area contributed by atoms with Gasteiger partial charge in [-0.1, -0.05) is 24.3 Å². The molecule has 0 fully saturated rings. The Kier molecular flexibility index (Phi) is 2.95. The molecular formula is C16H16N2O. The summed E-state index contributed by atoms with van der Waals surface area (Å²) in [5, 5.41) is 3.05. The van der Waals surface area contributed by atoms with Crippen molar-refractivity contribution >= 4 is 11.6 Å². The summed E-state index contributed by atoms with van der Waals surface area (Å²) < 4.78 is 0. The van der Waals surface area contributed by atoms with Crippen LogP contribution >= 0.6 is 0 Å². The van der Waals surface area contributed by atoms with Gasteiger partial charge in [0.05, 0.1) is 0 Å². The first-order valence-corrected chi connectivity index (χ1v) is 6.42. The van der Waals surface area contributed by atoms with Gasteiger partial charge in [-0.25, -0.2) is 0 Å². The Bertz CT molecular complexity index is 579. The maximum atomic E-state index is 12.4. The lowest BCUT2D eigenvalue weighted by Crippen LogP contribution is -2.25. The van der Waals surface area contributed by atoms with E-state index in [-0.39, 0.29) is 5.91 Å². The van der Waals surface area contributed by atoms with Crippen molar-refractivity contribution in [3.63, 3.8) is 0 Å². The fraction of sp³-hybridized carbons (Fsp3) is 0.188. The molecule has 2 aromatic rings. The lowest BCUT2D eigenvalue weighted by atomic mass is 10.1. The highest BCUT2D eigenvalue weighted by molar-refractivity contribution is 5.94. The Morgan fingerprint density at radius 3 is 2.11 bits per heavy atom. The molecule has 0 bridgehead atoms. The number of carbonyl (C=O) groups excluding carboxylic acids is 1. The smallest absolute Gasteiger partial charge is 0.254 e. The van der Waals surface area contributed by atoms with E-state index in [9.17, 15) is 4.79 Å². The van der Waals surface area contributed by atoms with Gasteiger partial charge in [-0.2, -0.15) is 0 Å². The maximum absolute atomic E-state index is 12.4. The number of nitrogens with one attached hydrogen (secondary N) is 1. The summed E-state index contributed by atoms with van der Waals surface area (Å²) in [4.78, 5) is 14.3. The molecular weight excluding hydrogens is 236 g/mol. The zero-order chi connectivity index (χ0) is 13.2. The summed E-state index contributed by atoms with van der Waals surface area (Å²) in [6.45, 7) is 1.42. The van der Waals surface area contributed by atoms with Crippen molar-refractivity contribution in [2.24, 2.45) is 0 Å². The van der Waals surface area contributed by atoms with Gasteiger partial charge < -0.3 is 10.2 Å². The van der Waals surface area contributed by atoms with E-state index in [2.05, 4.69) is 17.4 Å². The Labute approximate surface area is 112 Å². The predicted molar refractivity (Wildman–Crippen MR) is 76.0 cm³/mol. The third kappa shape index (κ3) is 2.19. The topological polar surface area (TPSA) is 32.3 Å². The highest BCUT2D eigenvalue weighted by Gasteiger charge is 2.23. The summed E-state index contributed by atoms with van der Waals surface area (Å²) in [5.74, 6) is 0.0962. The Morgan fingerprint density at radius 1 is 1.00 bits per heavy atom. The van der Waals surface area contributed by atoms with E-state index in [1.165, 1.54) is 11.1 Å². The summed E-state index contributed by atoms with van der Waals surface area (Å²) in [7, 11) is 1.87. The van der Waals surface area contributed by atoms with E-state index in [1.54, 1.807) is 0 Å². The van der Waals surface area contributed by atoms with Gasteiger partial charge in [-0.15, -0.1) is 0 Å². The third-order valence-corrected chi connectivity index (χ3v) is 3.55. The molecule has 1 heterocycles. The predicted octanol–water partition coefficient (Wildman–Crippen LogP) is 2.88. The first kappa shape index (κ1) is 11.8. The standard InChI is InChI=1S/C16H16N2O/c1-17-15-8-6-12(7-9-15)16(19)18-10-13-4-2-3-5-14(13)11-18/h2-9,17H,10-11H2,1H3. The number of hydrogen-bond donors (Lipinski definition) is 1. The highest BCUT2D eigenvalue weighted by Crippen LogP contribution is 2.24. The molecule has 0 saturated heterocycles. The lowest BCUT2D eigenvalue weighted by Gasteiger charge is -2.15. The minimum Gasteiger partial charge on any atom is -0.388 e. The lowest BCUT2D eigenvalue weighted by molar-refractivity contribution is 0.0751. The molecule has 2 aromatic carbocycles. The van der Waals surface area contributed by atoms with Crippen LogP contribution < -0.4 is 5.32 Å². The molecule has 19 heavy (non-hydrogen) atoms. The molecule has 0 atom stereocenters. The van der Waals surface area contributed by atoms with Crippen LogP contribution in [0.3, 0.4) is 0 Å². The van der Waals surface area contributed by atoms with E-state index >= 15 is 0 Å². The number of anilines is 1. The van der Waals surface area contributed by atoms with E-state index in [0.717, 1.165) is 11.3 Å². The molecule has 3 nitrogen and oxygen atoms in total. The molecule has 0 radical (unpaired) electrons. The van der Waals surface area contributed by atoms with E-state index in [0.29, 0.717) is 13.1 Å². The van der Waals surface area contributed by atoms with Crippen molar-refractivity contribution in [2.75, 3.05) is 12.4 Å². The van der Waals surface area contributed by atoms with Crippen molar-refractivity contribution < 1.29 is 4.79 Å². The van der Waals surface area contributed by atoms with Crippen LogP contribution in [0.5, 0.6) is 0 Å². The van der Waals surface area contributed by atoms with Gasteiger partial charge in [-0.05, 0) is 35.4 Å². The van der Waals surface area contributed by atoms with Gasteiger partial charge in [0.2, 0.25) is 0 Å². The van der Waals surface area contributed by atoms with Crippen LogP contribution in [0.2, 0.25) is 0 Å². The number of hydrogen-bond acceptors (Lipinski definition) is 2. The van der Waals surface area contributed by atoms with Gasteiger partial charge >= 0.3 is 0 Å². The fourth-order valence-electron chi connectivity index (χ4n) is 2.44. The van der Waals surface area contributed by atoms with Crippen LogP contribution in [0.1, 0.15) is 21.5 Å². The second kappa shape index (κ2) is 4.76. The second-order valence-electron chi connectivity index (χ2n) is 4.76. The molecule has 1 amide bonds. The number of rotatable bonds is 2. The van der Waals surface area contributed by atoms with Crippen LogP contribution in [0, 0.1) is 0 Å². The number of nitrogens with zero attached hydrogens (tertiary/aromatic N) is 1. The van der Waals surface area contributed by atoms with E-state index < -0.39 is 0 Å². The van der Waals surface area contributed by atoms with E-state index in [1.807, 2.05) is 48.3 Å². The first-order chi connectivity index (χ1) is 9.28. The molecule has 0 unspecified atom stereocenters. The molecule has 96 valence electrons. The zero-order valence-corrected chi connectivity index (χ0v) is 10.9. The third-order valence-electron chi connectivity index (χ3n) is 3.55. The SMILES string of the molecule is CNc1ccc(C(=O)N2Cc3ccccc3C2)cc1. The van der Waals surface area contributed by atoms with Gasteiger partial charge in [0.25, 0.3) is 5.91 Å². The molecule has 0 aliphatic carbocycles. The van der Waals surface area contributed by atoms with Crippen LogP contribution in [0.15, 0.2) is 48.5 Å². The largest absolute Gasteiger partial charge is 0.388 e. The van der Waals surface area contributed by atoms with Gasteiger partial charge in [0, 0.05) is 31.4 Å². The number of fused-ring (bicyclic) bond motifs is 1. The zero-order valence-electron chi connectivity index (χ0n) is 10.9. The maximum Gasteiger partial charge on any atom is 0.254 e. The van der Waals surface area contributed by atoms with Crippen LogP contribution in [0.4, 0.5) is 5.69 Å². The quantitative estimate of drug-likeness (QED) is 0.891. The van der Waals surface area contributed by atoms with Crippen molar-refractivity contribution in [3.05, 3.63) is 65.2 Å². The van der Waals surface area contributed by atoms with Crippen LogP contribution in [-0.2, 0) is 13.1 Å². The average molecular weight is 252 g/mol. The van der Waals surface area contributed by atoms with Crippen molar-refractivity contribution in [3.8, 4) is 0 Å². The molecule has 0 saturated carbocycles. The van der Waals surface area contributed by atoms with Crippen molar-refractivity contribution in [1.82, 2.24) is 4.90 Å². The number of amides is 1. The Hall–Kier alpha value is -2.29. The number of carbonyl (C=O) groups is 1. The average Bonchev–Trinajstić information content (AvgIpc) is 2.90. The normalized spacial score (nSPS) is 13.2. The molecule has 0 spiro atoms. The first-order valence-electron chi connectivity index (χ1n) is 6.42. The fourth-order valence-corrected chi connectivity index (χ4v) is 2.44. The molecule has 1 aliphatic rings. The Morgan fingerprint density at radius 2 is 1.58 bits per heavy atom. The molecule has 1 N–H and O–H groups in total. The number of benzene rings is 2. The second-order valence-corrected chi connectivity index (χ2v) is 4.76. The monoisotopic (exact) mass is 252 g/mol. The van der Waals surface area contributed by atoms with Crippen LogP contribution in [0.25, 0.3) is 0 Å². The minimum atomic E-state index is 0.0962. The summed E-state index contributed by atoms with van der Waals surface area (Å²) in [5.41, 5.74) is 4.26. The summed E-state index contributed by atoms with van der Waals surface area (Å²) >= 11 is 0. The van der Waals surface area contributed by atoms with E-state index in [4.69, 9.17) is 0 Å². The van der Waals surface area contributed by atoms with Crippen molar-refractivity contribution in [1.29, 1.82) is 0 Å². The Balaban J connectivity index is 1.79. The summed E-state index contributed by atoms with van der Waals surface area (Å²) in [6, 6.07) is 15.8. The molecule has 3 heteroatoms. The molecule has 3 rings (SSSR count). The van der Waals surface area contributed by atoms with Gasteiger partial charge in [-0.3, -0.25) is 4.79 Å². The van der Waals surface area contributed by atoms with Crippen LogP contribution in [-0.4, -0.2) is 17.9 Å². The molecule has 1 aliphatic heterocycles. The highest BCUT2D eigenvalue weighted by atomic mass is 16.2. The van der Waals surface area contributed by atoms with Gasteiger partial charge in [0.15, 0.2) is 0 Å².